The zero-order chi connectivity index (χ0) is 18.5. The van der Waals surface area contributed by atoms with E-state index in [1.54, 1.807) is 0 Å². The van der Waals surface area contributed by atoms with E-state index in [1.807, 2.05) is 62.4 Å². The molecule has 0 aliphatic carbocycles. The lowest BCUT2D eigenvalue weighted by molar-refractivity contribution is -0.123. The summed E-state index contributed by atoms with van der Waals surface area (Å²) in [4.78, 5) is 25.8. The predicted octanol–water partition coefficient (Wildman–Crippen LogP) is 3.61. The molecule has 0 fully saturated rings. The molecule has 2 aromatic carbocycles. The molecule has 3 rings (SSSR count). The van der Waals surface area contributed by atoms with Crippen molar-refractivity contribution < 1.29 is 14.3 Å². The van der Waals surface area contributed by atoms with Gasteiger partial charge in [-0.1, -0.05) is 43.3 Å². The minimum absolute atomic E-state index is 0.183. The van der Waals surface area contributed by atoms with Crippen molar-refractivity contribution in [1.82, 2.24) is 10.9 Å². The number of hydrogen-bond acceptors (Lipinski definition) is 4. The van der Waals surface area contributed by atoms with Crippen LogP contribution in [0.15, 0.2) is 48.5 Å². The number of hydrazine groups is 1. The van der Waals surface area contributed by atoms with Crippen LogP contribution < -0.4 is 15.6 Å². The maximum absolute atomic E-state index is 12.1. The van der Waals surface area contributed by atoms with Crippen molar-refractivity contribution in [3.05, 3.63) is 63.8 Å². The van der Waals surface area contributed by atoms with E-state index in [4.69, 9.17) is 4.74 Å². The van der Waals surface area contributed by atoms with Crippen molar-refractivity contribution >= 4 is 33.9 Å². The van der Waals surface area contributed by atoms with Crippen LogP contribution in [0.5, 0.6) is 5.75 Å². The van der Waals surface area contributed by atoms with Crippen LogP contribution in [0.1, 0.15) is 27.0 Å². The smallest absolute Gasteiger partial charge is 0.279 e. The van der Waals surface area contributed by atoms with Crippen LogP contribution in [0.25, 0.3) is 10.8 Å². The first-order valence-corrected chi connectivity index (χ1v) is 9.19. The Morgan fingerprint density at radius 3 is 2.62 bits per heavy atom. The van der Waals surface area contributed by atoms with Gasteiger partial charge < -0.3 is 4.74 Å². The van der Waals surface area contributed by atoms with Gasteiger partial charge in [-0.05, 0) is 36.4 Å². The minimum Gasteiger partial charge on any atom is -0.483 e. The van der Waals surface area contributed by atoms with E-state index < -0.39 is 5.91 Å². The van der Waals surface area contributed by atoms with E-state index in [9.17, 15) is 9.59 Å². The molecule has 0 atom stereocenters. The van der Waals surface area contributed by atoms with Crippen molar-refractivity contribution in [2.24, 2.45) is 0 Å². The van der Waals surface area contributed by atoms with Crippen LogP contribution in [0, 0.1) is 6.92 Å². The lowest BCUT2D eigenvalue weighted by Crippen LogP contribution is -2.43. The summed E-state index contributed by atoms with van der Waals surface area (Å²) in [6, 6.07) is 15.3. The molecule has 0 saturated carbocycles. The third-order valence-electron chi connectivity index (χ3n) is 3.99. The monoisotopic (exact) mass is 368 g/mol. The van der Waals surface area contributed by atoms with E-state index >= 15 is 0 Å². The highest BCUT2D eigenvalue weighted by molar-refractivity contribution is 7.14. The number of hydrogen-bond donors (Lipinski definition) is 2. The van der Waals surface area contributed by atoms with Gasteiger partial charge in [0.15, 0.2) is 6.61 Å². The zero-order valence-electron chi connectivity index (χ0n) is 14.7. The molecule has 1 aromatic heterocycles. The third kappa shape index (κ3) is 4.03. The second kappa shape index (κ2) is 8.01. The van der Waals surface area contributed by atoms with Gasteiger partial charge in [-0.2, -0.15) is 0 Å². The fourth-order valence-electron chi connectivity index (χ4n) is 2.67. The summed E-state index contributed by atoms with van der Waals surface area (Å²) in [5.74, 6) is -0.113. The van der Waals surface area contributed by atoms with Crippen molar-refractivity contribution in [3.8, 4) is 5.75 Å². The molecule has 0 bridgehead atoms. The van der Waals surface area contributed by atoms with E-state index in [0.717, 1.165) is 22.8 Å². The summed E-state index contributed by atoms with van der Waals surface area (Å²) in [6.45, 7) is 3.84. The number of nitrogens with one attached hydrogen (secondary N) is 2. The van der Waals surface area contributed by atoms with Gasteiger partial charge in [-0.25, -0.2) is 0 Å². The molecule has 1 heterocycles. The summed E-state index contributed by atoms with van der Waals surface area (Å²) >= 11 is 1.44. The minimum atomic E-state index is -0.421. The van der Waals surface area contributed by atoms with Gasteiger partial charge in [-0.15, -0.1) is 11.3 Å². The summed E-state index contributed by atoms with van der Waals surface area (Å²) in [5, 5.41) is 1.98. The lowest BCUT2D eigenvalue weighted by Gasteiger charge is -2.10. The number of benzene rings is 2. The molecule has 0 unspecified atom stereocenters. The van der Waals surface area contributed by atoms with Crippen LogP contribution in [-0.2, 0) is 11.2 Å². The second-order valence-electron chi connectivity index (χ2n) is 5.84. The van der Waals surface area contributed by atoms with E-state index in [-0.39, 0.29) is 12.5 Å². The van der Waals surface area contributed by atoms with Crippen molar-refractivity contribution in [3.63, 3.8) is 0 Å². The molecule has 3 aromatic rings. The number of thiophene rings is 1. The molecule has 0 spiro atoms. The lowest BCUT2D eigenvalue weighted by atomic mass is 10.1. The largest absolute Gasteiger partial charge is 0.483 e. The number of fused-ring (bicyclic) bond motifs is 1. The molecular weight excluding hydrogens is 348 g/mol. The molecular formula is C20H20N2O3S. The normalized spacial score (nSPS) is 10.5. The Labute approximate surface area is 156 Å². The maximum atomic E-state index is 12.1. The van der Waals surface area contributed by atoms with Crippen molar-refractivity contribution in [2.45, 2.75) is 20.3 Å². The summed E-state index contributed by atoms with van der Waals surface area (Å²) < 4.78 is 5.60. The quantitative estimate of drug-likeness (QED) is 0.676. The SMILES string of the molecule is CCc1sc(C(=O)NNC(=O)COc2cccc3ccccc23)cc1C. The highest BCUT2D eigenvalue weighted by atomic mass is 32.1. The maximum Gasteiger partial charge on any atom is 0.279 e. The van der Waals surface area contributed by atoms with Gasteiger partial charge in [-0.3, -0.25) is 20.4 Å². The van der Waals surface area contributed by atoms with Gasteiger partial charge in [0, 0.05) is 10.3 Å². The number of amides is 2. The molecule has 26 heavy (non-hydrogen) atoms. The number of ether oxygens (including phenoxy) is 1. The average molecular weight is 368 g/mol. The van der Waals surface area contributed by atoms with Crippen molar-refractivity contribution in [2.75, 3.05) is 6.61 Å². The Hall–Kier alpha value is -2.86. The van der Waals surface area contributed by atoms with Crippen molar-refractivity contribution in [1.29, 1.82) is 0 Å². The van der Waals surface area contributed by atoms with Gasteiger partial charge in [0.25, 0.3) is 11.8 Å². The summed E-state index contributed by atoms with van der Waals surface area (Å²) in [5.41, 5.74) is 5.91. The Morgan fingerprint density at radius 1 is 1.08 bits per heavy atom. The number of carbonyl (C=O) groups is 2. The fraction of sp³-hybridized carbons (Fsp3) is 0.200. The predicted molar refractivity (Wildman–Crippen MR) is 103 cm³/mol. The first-order valence-electron chi connectivity index (χ1n) is 8.37. The molecule has 0 aliphatic rings. The highest BCUT2D eigenvalue weighted by Crippen LogP contribution is 2.25. The molecule has 6 heteroatoms. The number of rotatable bonds is 5. The first-order chi connectivity index (χ1) is 12.6. The van der Waals surface area contributed by atoms with E-state index in [0.29, 0.717) is 10.6 Å². The van der Waals surface area contributed by atoms with Gasteiger partial charge in [0.1, 0.15) is 5.75 Å². The topological polar surface area (TPSA) is 67.4 Å². The number of carbonyl (C=O) groups excluding carboxylic acids is 2. The molecule has 2 amide bonds. The van der Waals surface area contributed by atoms with Crippen LogP contribution in [0.4, 0.5) is 0 Å². The summed E-state index contributed by atoms with van der Waals surface area (Å²) in [7, 11) is 0. The summed E-state index contributed by atoms with van der Waals surface area (Å²) in [6.07, 6.45) is 0.884. The van der Waals surface area contributed by atoms with Crippen LogP contribution >= 0.6 is 11.3 Å². The number of aryl methyl sites for hydroxylation is 2. The molecule has 134 valence electrons. The van der Waals surface area contributed by atoms with Gasteiger partial charge in [0.05, 0.1) is 4.88 Å². The Morgan fingerprint density at radius 2 is 1.85 bits per heavy atom. The highest BCUT2D eigenvalue weighted by Gasteiger charge is 2.13. The second-order valence-corrected chi connectivity index (χ2v) is 6.98. The Bertz CT molecular complexity index is 944. The fourth-order valence-corrected chi connectivity index (χ4v) is 3.68. The van der Waals surface area contributed by atoms with E-state index in [2.05, 4.69) is 10.9 Å². The Kier molecular flexibility index (Phi) is 5.53. The average Bonchev–Trinajstić information content (AvgIpc) is 3.05. The first kappa shape index (κ1) is 17.9. The van der Waals surface area contributed by atoms with Crippen LogP contribution in [0.2, 0.25) is 0 Å². The van der Waals surface area contributed by atoms with Crippen LogP contribution in [0.3, 0.4) is 0 Å². The molecule has 0 saturated heterocycles. The zero-order valence-corrected chi connectivity index (χ0v) is 15.5. The molecule has 0 aliphatic heterocycles. The standard InChI is InChI=1S/C20H20N2O3S/c1-3-17-13(2)11-18(26-17)20(24)22-21-19(23)12-25-16-10-6-8-14-7-4-5-9-15(14)16/h4-11H,3,12H2,1-2H3,(H,21,23)(H,22,24). The van der Waals surface area contributed by atoms with Crippen LogP contribution in [-0.4, -0.2) is 18.4 Å². The molecule has 5 nitrogen and oxygen atoms in total. The van der Waals surface area contributed by atoms with Gasteiger partial charge in [0.2, 0.25) is 0 Å². The third-order valence-corrected chi connectivity index (χ3v) is 5.37. The van der Waals surface area contributed by atoms with E-state index in [1.165, 1.54) is 16.2 Å². The van der Waals surface area contributed by atoms with Gasteiger partial charge >= 0.3 is 0 Å². The molecule has 0 radical (unpaired) electrons. The Balaban J connectivity index is 1.54. The molecule has 2 N–H and O–H groups in total.